The lowest BCUT2D eigenvalue weighted by Crippen LogP contribution is -2.00. The molecule has 0 unspecified atom stereocenters. The van der Waals surface area contributed by atoms with E-state index in [0.29, 0.717) is 27.9 Å². The Morgan fingerprint density at radius 1 is 0.750 bits per heavy atom. The van der Waals surface area contributed by atoms with Crippen molar-refractivity contribution in [2.75, 3.05) is 0 Å². The molecule has 4 rings (SSSR count). The van der Waals surface area contributed by atoms with Crippen LogP contribution in [0.1, 0.15) is 5.56 Å². The van der Waals surface area contributed by atoms with Crippen LogP contribution in [0.5, 0.6) is 0 Å². The van der Waals surface area contributed by atoms with Crippen molar-refractivity contribution in [1.82, 2.24) is 14.8 Å². The van der Waals surface area contributed by atoms with Gasteiger partial charge in [0.1, 0.15) is 5.82 Å². The summed E-state index contributed by atoms with van der Waals surface area (Å²) in [4.78, 5) is 0. The quantitative estimate of drug-likeness (QED) is 0.408. The molecule has 0 amide bonds. The smallest absolute Gasteiger partial charge is 0.196 e. The number of aromatic nitrogens is 3. The van der Waals surface area contributed by atoms with Gasteiger partial charge in [-0.3, -0.25) is 4.57 Å². The fourth-order valence-electron chi connectivity index (χ4n) is 2.77. The standard InChI is InChI=1S/C21H14F3N3S/c22-17-9-5-4-8-16(17)20-25-26-21(27(20)15-6-2-1-3-7-15)28-13-14-10-11-18(23)19(24)12-14/h1-12H,13H2. The molecule has 0 N–H and O–H groups in total. The molecule has 28 heavy (non-hydrogen) atoms. The normalized spacial score (nSPS) is 11.0. The summed E-state index contributed by atoms with van der Waals surface area (Å²) in [6, 6.07) is 19.5. The van der Waals surface area contributed by atoms with E-state index in [0.717, 1.165) is 17.8 Å². The fourth-order valence-corrected chi connectivity index (χ4v) is 3.66. The number of para-hydroxylation sites is 1. The second-order valence-electron chi connectivity index (χ2n) is 5.99. The lowest BCUT2D eigenvalue weighted by molar-refractivity contribution is 0.507. The molecular weight excluding hydrogens is 383 g/mol. The number of thioether (sulfide) groups is 1. The molecule has 0 saturated carbocycles. The van der Waals surface area contributed by atoms with Crippen LogP contribution >= 0.6 is 11.8 Å². The number of halogens is 3. The zero-order chi connectivity index (χ0) is 19.5. The first kappa shape index (κ1) is 18.3. The zero-order valence-corrected chi connectivity index (χ0v) is 15.3. The highest BCUT2D eigenvalue weighted by atomic mass is 32.2. The van der Waals surface area contributed by atoms with Crippen molar-refractivity contribution < 1.29 is 13.2 Å². The second-order valence-corrected chi connectivity index (χ2v) is 6.94. The van der Waals surface area contributed by atoms with Gasteiger partial charge in [0.05, 0.1) is 5.56 Å². The van der Waals surface area contributed by atoms with Crippen molar-refractivity contribution >= 4 is 11.8 Å². The molecule has 1 aromatic heterocycles. The van der Waals surface area contributed by atoms with Gasteiger partial charge in [0.25, 0.3) is 0 Å². The molecule has 3 nitrogen and oxygen atoms in total. The predicted octanol–water partition coefficient (Wildman–Crippen LogP) is 5.64. The molecule has 0 bridgehead atoms. The Labute approximate surface area is 163 Å². The molecule has 0 atom stereocenters. The van der Waals surface area contributed by atoms with Gasteiger partial charge in [0.15, 0.2) is 22.6 Å². The molecule has 0 radical (unpaired) electrons. The Hall–Kier alpha value is -3.06. The summed E-state index contributed by atoms with van der Waals surface area (Å²) in [6.07, 6.45) is 0. The Bertz CT molecular complexity index is 1110. The van der Waals surface area contributed by atoms with Crippen LogP contribution in [0.4, 0.5) is 13.2 Å². The van der Waals surface area contributed by atoms with Crippen LogP contribution in [-0.4, -0.2) is 14.8 Å². The topological polar surface area (TPSA) is 30.7 Å². The minimum absolute atomic E-state index is 0.332. The van der Waals surface area contributed by atoms with Crippen LogP contribution in [0.2, 0.25) is 0 Å². The molecule has 0 aliphatic carbocycles. The monoisotopic (exact) mass is 397 g/mol. The van der Waals surface area contributed by atoms with Crippen molar-refractivity contribution in [3.63, 3.8) is 0 Å². The molecule has 0 fully saturated rings. The molecule has 0 aliphatic heterocycles. The van der Waals surface area contributed by atoms with Crippen LogP contribution < -0.4 is 0 Å². The third kappa shape index (κ3) is 3.66. The van der Waals surface area contributed by atoms with E-state index in [2.05, 4.69) is 10.2 Å². The Morgan fingerprint density at radius 2 is 1.50 bits per heavy atom. The zero-order valence-electron chi connectivity index (χ0n) is 14.5. The predicted molar refractivity (Wildman–Crippen MR) is 103 cm³/mol. The maximum Gasteiger partial charge on any atom is 0.196 e. The van der Waals surface area contributed by atoms with Gasteiger partial charge in [-0.1, -0.05) is 48.2 Å². The molecule has 7 heteroatoms. The van der Waals surface area contributed by atoms with Crippen LogP contribution in [0.3, 0.4) is 0 Å². The van der Waals surface area contributed by atoms with Crippen LogP contribution in [0, 0.1) is 17.5 Å². The van der Waals surface area contributed by atoms with Gasteiger partial charge in [-0.2, -0.15) is 0 Å². The molecule has 140 valence electrons. The van der Waals surface area contributed by atoms with Gasteiger partial charge in [0.2, 0.25) is 0 Å². The summed E-state index contributed by atoms with van der Waals surface area (Å²) in [5.41, 5.74) is 1.72. The van der Waals surface area contributed by atoms with Crippen molar-refractivity contribution in [3.05, 3.63) is 95.8 Å². The Kier molecular flexibility index (Phi) is 5.16. The summed E-state index contributed by atoms with van der Waals surface area (Å²) in [6.45, 7) is 0. The third-order valence-electron chi connectivity index (χ3n) is 4.11. The van der Waals surface area contributed by atoms with Crippen LogP contribution in [-0.2, 0) is 5.75 Å². The highest BCUT2D eigenvalue weighted by Gasteiger charge is 2.18. The summed E-state index contributed by atoms with van der Waals surface area (Å²) >= 11 is 1.31. The molecular formula is C21H14F3N3S. The number of hydrogen-bond acceptors (Lipinski definition) is 3. The fraction of sp³-hybridized carbons (Fsp3) is 0.0476. The minimum atomic E-state index is -0.894. The number of rotatable bonds is 5. The van der Waals surface area contributed by atoms with Gasteiger partial charge in [-0.25, -0.2) is 13.2 Å². The maximum atomic E-state index is 14.3. The SMILES string of the molecule is Fc1ccc(CSc2nnc(-c3ccccc3F)n2-c2ccccc2)cc1F. The maximum absolute atomic E-state index is 14.3. The van der Waals surface area contributed by atoms with Gasteiger partial charge >= 0.3 is 0 Å². The van der Waals surface area contributed by atoms with Crippen molar-refractivity contribution in [2.45, 2.75) is 10.9 Å². The number of benzene rings is 3. The van der Waals surface area contributed by atoms with E-state index in [-0.39, 0.29) is 0 Å². The van der Waals surface area contributed by atoms with Crippen molar-refractivity contribution in [1.29, 1.82) is 0 Å². The second kappa shape index (κ2) is 7.90. The largest absolute Gasteiger partial charge is 0.270 e. The lowest BCUT2D eigenvalue weighted by Gasteiger charge is -2.11. The minimum Gasteiger partial charge on any atom is -0.270 e. The summed E-state index contributed by atoms with van der Waals surface area (Å²) in [7, 11) is 0. The van der Waals surface area contributed by atoms with Gasteiger partial charge in [-0.05, 0) is 42.0 Å². The number of nitrogens with zero attached hydrogens (tertiary/aromatic N) is 3. The van der Waals surface area contributed by atoms with Crippen molar-refractivity contribution in [2.24, 2.45) is 0 Å². The molecule has 3 aromatic carbocycles. The van der Waals surface area contributed by atoms with Gasteiger partial charge < -0.3 is 0 Å². The van der Waals surface area contributed by atoms with E-state index in [1.807, 2.05) is 30.3 Å². The lowest BCUT2D eigenvalue weighted by atomic mass is 10.2. The van der Waals surface area contributed by atoms with E-state index >= 15 is 0 Å². The first-order valence-electron chi connectivity index (χ1n) is 8.46. The van der Waals surface area contributed by atoms with E-state index < -0.39 is 17.5 Å². The van der Waals surface area contributed by atoms with Gasteiger partial charge in [-0.15, -0.1) is 10.2 Å². The van der Waals surface area contributed by atoms with Gasteiger partial charge in [0, 0.05) is 11.4 Å². The first-order valence-corrected chi connectivity index (χ1v) is 9.44. The van der Waals surface area contributed by atoms with E-state index in [1.54, 1.807) is 22.8 Å². The number of hydrogen-bond donors (Lipinski definition) is 0. The summed E-state index contributed by atoms with van der Waals surface area (Å²) in [5, 5.41) is 8.91. The van der Waals surface area contributed by atoms with E-state index in [9.17, 15) is 13.2 Å². The van der Waals surface area contributed by atoms with Crippen LogP contribution in [0.15, 0.2) is 78.0 Å². The Morgan fingerprint density at radius 3 is 2.25 bits per heavy atom. The summed E-state index contributed by atoms with van der Waals surface area (Å²) in [5.74, 6) is -1.45. The highest BCUT2D eigenvalue weighted by molar-refractivity contribution is 7.98. The average molecular weight is 397 g/mol. The molecule has 4 aromatic rings. The highest BCUT2D eigenvalue weighted by Crippen LogP contribution is 2.31. The van der Waals surface area contributed by atoms with Crippen LogP contribution in [0.25, 0.3) is 17.1 Å². The van der Waals surface area contributed by atoms with E-state index in [4.69, 9.17) is 0 Å². The van der Waals surface area contributed by atoms with E-state index in [1.165, 1.54) is 23.9 Å². The molecule has 0 spiro atoms. The molecule has 0 saturated heterocycles. The molecule has 0 aliphatic rings. The first-order chi connectivity index (χ1) is 13.6. The molecule has 1 heterocycles. The summed E-state index contributed by atoms with van der Waals surface area (Å²) < 4.78 is 42.7. The third-order valence-corrected chi connectivity index (χ3v) is 5.11. The average Bonchev–Trinajstić information content (AvgIpc) is 3.13. The van der Waals surface area contributed by atoms with Crippen molar-refractivity contribution in [3.8, 4) is 17.1 Å². The Balaban J connectivity index is 1.73.